The summed E-state index contributed by atoms with van der Waals surface area (Å²) < 4.78 is 0. The molecular formula is C15H22N2O. The number of nitrogens with zero attached hydrogens (tertiary/aromatic N) is 1. The SMILES string of the molecule is CC(C(=O)c1ccc(N)cc1)N1CCCCCC1. The number of nitrogens with two attached hydrogens (primary N) is 1. The van der Waals surface area contributed by atoms with Gasteiger partial charge in [0.2, 0.25) is 0 Å². The number of Topliss-reactive ketones (excluding diaryl/α,β-unsaturated/α-hetero) is 1. The highest BCUT2D eigenvalue weighted by Crippen LogP contribution is 2.16. The fourth-order valence-electron chi connectivity index (χ4n) is 2.54. The van der Waals surface area contributed by atoms with Crippen LogP contribution in [0.3, 0.4) is 0 Å². The molecule has 98 valence electrons. The average Bonchev–Trinajstić information content (AvgIpc) is 2.67. The molecule has 1 aromatic rings. The molecule has 1 aromatic carbocycles. The van der Waals surface area contributed by atoms with E-state index in [4.69, 9.17) is 5.73 Å². The van der Waals surface area contributed by atoms with Gasteiger partial charge in [-0.25, -0.2) is 0 Å². The van der Waals surface area contributed by atoms with Gasteiger partial charge < -0.3 is 5.73 Å². The fraction of sp³-hybridized carbons (Fsp3) is 0.533. The molecule has 1 unspecified atom stereocenters. The molecule has 1 aliphatic rings. The summed E-state index contributed by atoms with van der Waals surface area (Å²) in [6.45, 7) is 4.10. The molecule has 1 aliphatic heterocycles. The molecule has 0 aromatic heterocycles. The molecule has 3 nitrogen and oxygen atoms in total. The molecule has 0 bridgehead atoms. The Kier molecular flexibility index (Phi) is 4.37. The zero-order valence-electron chi connectivity index (χ0n) is 11.1. The third-order valence-corrected chi connectivity index (χ3v) is 3.76. The van der Waals surface area contributed by atoms with Crippen LogP contribution >= 0.6 is 0 Å². The number of carbonyl (C=O) groups excluding carboxylic acids is 1. The van der Waals surface area contributed by atoms with Crippen LogP contribution in [0.25, 0.3) is 0 Å². The number of rotatable bonds is 3. The molecule has 18 heavy (non-hydrogen) atoms. The van der Waals surface area contributed by atoms with E-state index in [2.05, 4.69) is 4.90 Å². The molecule has 1 atom stereocenters. The van der Waals surface area contributed by atoms with Crippen molar-refractivity contribution >= 4 is 11.5 Å². The first-order valence-corrected chi connectivity index (χ1v) is 6.82. The van der Waals surface area contributed by atoms with Gasteiger partial charge in [0, 0.05) is 11.3 Å². The Labute approximate surface area is 109 Å². The number of hydrogen-bond acceptors (Lipinski definition) is 3. The lowest BCUT2D eigenvalue weighted by atomic mass is 10.0. The molecule has 0 spiro atoms. The monoisotopic (exact) mass is 246 g/mol. The third-order valence-electron chi connectivity index (χ3n) is 3.76. The van der Waals surface area contributed by atoms with Gasteiger partial charge in [0.05, 0.1) is 6.04 Å². The summed E-state index contributed by atoms with van der Waals surface area (Å²) in [5, 5.41) is 0. The Balaban J connectivity index is 2.05. The fourth-order valence-corrected chi connectivity index (χ4v) is 2.54. The number of ketones is 1. The van der Waals surface area contributed by atoms with Crippen LogP contribution in [0.2, 0.25) is 0 Å². The van der Waals surface area contributed by atoms with E-state index in [9.17, 15) is 4.79 Å². The first-order valence-electron chi connectivity index (χ1n) is 6.82. The maximum atomic E-state index is 12.4. The van der Waals surface area contributed by atoms with Gasteiger partial charge in [0.1, 0.15) is 0 Å². The zero-order valence-corrected chi connectivity index (χ0v) is 11.1. The molecule has 2 rings (SSSR count). The van der Waals surface area contributed by atoms with Crippen LogP contribution in [0.4, 0.5) is 5.69 Å². The molecule has 0 amide bonds. The van der Waals surface area contributed by atoms with Crippen LogP contribution < -0.4 is 5.73 Å². The van der Waals surface area contributed by atoms with Gasteiger partial charge >= 0.3 is 0 Å². The first-order chi connectivity index (χ1) is 8.68. The summed E-state index contributed by atoms with van der Waals surface area (Å²) in [5.74, 6) is 0.205. The molecule has 3 heteroatoms. The molecule has 2 N–H and O–H groups in total. The molecule has 0 saturated carbocycles. The quantitative estimate of drug-likeness (QED) is 0.659. The minimum absolute atomic E-state index is 0.0216. The summed E-state index contributed by atoms with van der Waals surface area (Å²) in [6.07, 6.45) is 5.00. The van der Waals surface area contributed by atoms with Crippen LogP contribution in [-0.2, 0) is 0 Å². The average molecular weight is 246 g/mol. The van der Waals surface area contributed by atoms with Gasteiger partial charge in [0.15, 0.2) is 5.78 Å². The minimum atomic E-state index is -0.0216. The van der Waals surface area contributed by atoms with Crippen molar-refractivity contribution in [3.8, 4) is 0 Å². The van der Waals surface area contributed by atoms with E-state index >= 15 is 0 Å². The second kappa shape index (κ2) is 6.01. The van der Waals surface area contributed by atoms with Crippen LogP contribution in [-0.4, -0.2) is 29.8 Å². The topological polar surface area (TPSA) is 46.3 Å². The van der Waals surface area contributed by atoms with Crippen molar-refractivity contribution in [2.24, 2.45) is 0 Å². The molecular weight excluding hydrogens is 224 g/mol. The van der Waals surface area contributed by atoms with Crippen LogP contribution in [0.1, 0.15) is 43.0 Å². The maximum absolute atomic E-state index is 12.4. The van der Waals surface area contributed by atoms with Crippen molar-refractivity contribution in [2.45, 2.75) is 38.6 Å². The second-order valence-electron chi connectivity index (χ2n) is 5.11. The van der Waals surface area contributed by atoms with E-state index in [-0.39, 0.29) is 11.8 Å². The van der Waals surface area contributed by atoms with Gasteiger partial charge in [-0.3, -0.25) is 9.69 Å². The molecule has 0 radical (unpaired) electrons. The normalized spacial score (nSPS) is 19.2. The predicted molar refractivity (Wildman–Crippen MR) is 74.7 cm³/mol. The van der Waals surface area contributed by atoms with Crippen LogP contribution in [0, 0.1) is 0 Å². The number of carbonyl (C=O) groups is 1. The molecule has 0 aliphatic carbocycles. The maximum Gasteiger partial charge on any atom is 0.179 e. The largest absolute Gasteiger partial charge is 0.399 e. The third kappa shape index (κ3) is 3.10. The van der Waals surface area contributed by atoms with Crippen LogP contribution in [0.15, 0.2) is 24.3 Å². The van der Waals surface area contributed by atoms with E-state index in [1.54, 1.807) is 12.1 Å². The van der Waals surface area contributed by atoms with Crippen molar-refractivity contribution in [1.82, 2.24) is 4.90 Å². The van der Waals surface area contributed by atoms with E-state index in [1.807, 2.05) is 19.1 Å². The summed E-state index contributed by atoms with van der Waals surface area (Å²) in [6, 6.07) is 7.22. The van der Waals surface area contributed by atoms with Gasteiger partial charge in [-0.1, -0.05) is 12.8 Å². The van der Waals surface area contributed by atoms with Crippen molar-refractivity contribution < 1.29 is 4.79 Å². The Morgan fingerprint density at radius 2 is 1.67 bits per heavy atom. The highest BCUT2D eigenvalue weighted by atomic mass is 16.1. The number of anilines is 1. The van der Waals surface area contributed by atoms with E-state index in [0.717, 1.165) is 18.7 Å². The molecule has 1 saturated heterocycles. The predicted octanol–water partition coefficient (Wildman–Crippen LogP) is 2.72. The second-order valence-corrected chi connectivity index (χ2v) is 5.11. The van der Waals surface area contributed by atoms with Crippen LogP contribution in [0.5, 0.6) is 0 Å². The number of likely N-dealkylation sites (tertiary alicyclic amines) is 1. The van der Waals surface area contributed by atoms with Gasteiger partial charge in [-0.15, -0.1) is 0 Å². The minimum Gasteiger partial charge on any atom is -0.399 e. The van der Waals surface area contributed by atoms with Crippen molar-refractivity contribution in [1.29, 1.82) is 0 Å². The lowest BCUT2D eigenvalue weighted by molar-refractivity contribution is 0.0843. The highest BCUT2D eigenvalue weighted by molar-refractivity contribution is 6.00. The summed E-state index contributed by atoms with van der Waals surface area (Å²) in [4.78, 5) is 14.7. The van der Waals surface area contributed by atoms with Crippen molar-refractivity contribution in [3.05, 3.63) is 29.8 Å². The van der Waals surface area contributed by atoms with Gasteiger partial charge in [0.25, 0.3) is 0 Å². The standard InChI is InChI=1S/C15H22N2O/c1-12(17-10-4-2-3-5-11-17)15(18)13-6-8-14(16)9-7-13/h6-9,12H,2-5,10-11,16H2,1H3. The van der Waals surface area contributed by atoms with E-state index in [0.29, 0.717) is 5.69 Å². The zero-order chi connectivity index (χ0) is 13.0. The van der Waals surface area contributed by atoms with E-state index < -0.39 is 0 Å². The van der Waals surface area contributed by atoms with E-state index in [1.165, 1.54) is 25.7 Å². The van der Waals surface area contributed by atoms with Gasteiger partial charge in [-0.05, 0) is 57.1 Å². The first kappa shape index (κ1) is 13.1. The Bertz CT molecular complexity index is 391. The number of nitrogen functional groups attached to an aromatic ring is 1. The summed E-state index contributed by atoms with van der Waals surface area (Å²) in [7, 11) is 0. The summed E-state index contributed by atoms with van der Waals surface area (Å²) in [5.41, 5.74) is 7.11. The lowest BCUT2D eigenvalue weighted by Crippen LogP contribution is -2.39. The van der Waals surface area contributed by atoms with Gasteiger partial charge in [-0.2, -0.15) is 0 Å². The number of benzene rings is 1. The smallest absolute Gasteiger partial charge is 0.179 e. The Morgan fingerprint density at radius 1 is 1.11 bits per heavy atom. The van der Waals surface area contributed by atoms with Crippen molar-refractivity contribution in [2.75, 3.05) is 18.8 Å². The Hall–Kier alpha value is -1.35. The molecule has 1 fully saturated rings. The summed E-state index contributed by atoms with van der Waals surface area (Å²) >= 11 is 0. The highest BCUT2D eigenvalue weighted by Gasteiger charge is 2.22. The van der Waals surface area contributed by atoms with Crippen molar-refractivity contribution in [3.63, 3.8) is 0 Å². The number of hydrogen-bond donors (Lipinski definition) is 1. The lowest BCUT2D eigenvalue weighted by Gasteiger charge is -2.26. The molecule has 1 heterocycles. The Morgan fingerprint density at radius 3 is 2.22 bits per heavy atom.